The van der Waals surface area contributed by atoms with Crippen molar-refractivity contribution in [3.8, 4) is 0 Å². The number of aromatic nitrogens is 1. The van der Waals surface area contributed by atoms with Gasteiger partial charge in [0.25, 0.3) is 5.91 Å². The van der Waals surface area contributed by atoms with Crippen LogP contribution in [0.5, 0.6) is 0 Å². The standard InChI is InChI=1S/C13H16FN3O2/c1-8-2-3-9(12(15)18)7-17(8)13(19)10-4-5-16-6-11(10)14/h4-6,8-9H,2-3,7H2,1H3,(H2,15,18). The van der Waals surface area contributed by atoms with E-state index in [1.165, 1.54) is 17.2 Å². The fraction of sp³-hybridized carbons (Fsp3) is 0.462. The number of pyridine rings is 1. The zero-order valence-corrected chi connectivity index (χ0v) is 10.7. The summed E-state index contributed by atoms with van der Waals surface area (Å²) in [6, 6.07) is 1.31. The Bertz CT molecular complexity index is 506. The molecule has 0 spiro atoms. The zero-order valence-electron chi connectivity index (χ0n) is 10.7. The second kappa shape index (κ2) is 5.34. The van der Waals surface area contributed by atoms with Crippen LogP contribution < -0.4 is 5.73 Å². The number of hydrogen-bond donors (Lipinski definition) is 1. The average molecular weight is 265 g/mol. The van der Waals surface area contributed by atoms with E-state index in [0.29, 0.717) is 12.8 Å². The predicted octanol–water partition coefficient (Wildman–Crippen LogP) is 0.947. The van der Waals surface area contributed by atoms with Gasteiger partial charge >= 0.3 is 0 Å². The van der Waals surface area contributed by atoms with Crippen molar-refractivity contribution in [1.82, 2.24) is 9.88 Å². The fourth-order valence-corrected chi connectivity index (χ4v) is 2.33. The molecule has 2 N–H and O–H groups in total. The minimum absolute atomic E-state index is 0.0213. The van der Waals surface area contributed by atoms with E-state index in [9.17, 15) is 14.0 Å². The largest absolute Gasteiger partial charge is 0.369 e. The van der Waals surface area contributed by atoms with Crippen molar-refractivity contribution in [2.45, 2.75) is 25.8 Å². The van der Waals surface area contributed by atoms with Gasteiger partial charge in [0.2, 0.25) is 5.91 Å². The van der Waals surface area contributed by atoms with Crippen LogP contribution in [0, 0.1) is 11.7 Å². The number of carbonyl (C=O) groups excluding carboxylic acids is 2. The minimum Gasteiger partial charge on any atom is -0.369 e. The number of primary amides is 1. The van der Waals surface area contributed by atoms with Gasteiger partial charge in [0.1, 0.15) is 0 Å². The molecule has 0 radical (unpaired) electrons. The Balaban J connectivity index is 2.22. The van der Waals surface area contributed by atoms with Gasteiger partial charge in [-0.1, -0.05) is 0 Å². The summed E-state index contributed by atoms with van der Waals surface area (Å²) in [5.74, 6) is -1.84. The molecule has 2 atom stereocenters. The molecule has 0 saturated carbocycles. The van der Waals surface area contributed by atoms with Crippen molar-refractivity contribution < 1.29 is 14.0 Å². The molecule has 1 fully saturated rings. The Hall–Kier alpha value is -1.98. The first-order valence-electron chi connectivity index (χ1n) is 6.20. The normalized spacial score (nSPS) is 23.2. The Morgan fingerprint density at radius 2 is 2.21 bits per heavy atom. The fourth-order valence-electron chi connectivity index (χ4n) is 2.33. The Morgan fingerprint density at radius 1 is 1.47 bits per heavy atom. The van der Waals surface area contributed by atoms with Gasteiger partial charge < -0.3 is 10.6 Å². The SMILES string of the molecule is CC1CCC(C(N)=O)CN1C(=O)c1ccncc1F. The van der Waals surface area contributed by atoms with E-state index in [1.54, 1.807) is 0 Å². The van der Waals surface area contributed by atoms with E-state index in [4.69, 9.17) is 5.73 Å². The number of carbonyl (C=O) groups is 2. The van der Waals surface area contributed by atoms with Crippen LogP contribution in [0.25, 0.3) is 0 Å². The Morgan fingerprint density at radius 3 is 2.84 bits per heavy atom. The van der Waals surface area contributed by atoms with Gasteiger partial charge in [0, 0.05) is 18.8 Å². The summed E-state index contributed by atoms with van der Waals surface area (Å²) in [6.45, 7) is 2.13. The summed E-state index contributed by atoms with van der Waals surface area (Å²) in [5, 5.41) is 0. The third kappa shape index (κ3) is 2.72. The molecule has 1 aromatic heterocycles. The molecule has 2 amide bonds. The van der Waals surface area contributed by atoms with Crippen molar-refractivity contribution >= 4 is 11.8 Å². The second-order valence-corrected chi connectivity index (χ2v) is 4.84. The molecule has 1 aromatic rings. The van der Waals surface area contributed by atoms with E-state index in [0.717, 1.165) is 6.20 Å². The molecule has 1 aliphatic heterocycles. The molecule has 2 heterocycles. The van der Waals surface area contributed by atoms with Gasteiger partial charge in [0.05, 0.1) is 17.7 Å². The van der Waals surface area contributed by atoms with Gasteiger partial charge in [-0.15, -0.1) is 0 Å². The summed E-state index contributed by atoms with van der Waals surface area (Å²) in [7, 11) is 0. The third-order valence-electron chi connectivity index (χ3n) is 3.55. The number of nitrogens with zero attached hydrogens (tertiary/aromatic N) is 2. The lowest BCUT2D eigenvalue weighted by Gasteiger charge is -2.37. The van der Waals surface area contributed by atoms with Crippen LogP contribution in [0.1, 0.15) is 30.1 Å². The van der Waals surface area contributed by atoms with Crippen LogP contribution in [-0.4, -0.2) is 34.3 Å². The lowest BCUT2D eigenvalue weighted by Crippen LogP contribution is -2.48. The van der Waals surface area contributed by atoms with Gasteiger partial charge in [-0.05, 0) is 25.8 Å². The Kier molecular flexibility index (Phi) is 3.78. The zero-order chi connectivity index (χ0) is 14.0. The highest BCUT2D eigenvalue weighted by molar-refractivity contribution is 5.95. The van der Waals surface area contributed by atoms with Gasteiger partial charge in [0.15, 0.2) is 5.82 Å². The van der Waals surface area contributed by atoms with Crippen LogP contribution >= 0.6 is 0 Å². The third-order valence-corrected chi connectivity index (χ3v) is 3.55. The maximum atomic E-state index is 13.6. The summed E-state index contributed by atoms with van der Waals surface area (Å²) in [4.78, 5) is 28.7. The van der Waals surface area contributed by atoms with E-state index in [1.807, 2.05) is 6.92 Å². The van der Waals surface area contributed by atoms with Gasteiger partial charge in [-0.2, -0.15) is 0 Å². The molecule has 0 aromatic carbocycles. The number of rotatable bonds is 2. The number of hydrogen-bond acceptors (Lipinski definition) is 3. The number of nitrogens with two attached hydrogens (primary N) is 1. The second-order valence-electron chi connectivity index (χ2n) is 4.84. The number of halogens is 1. The molecule has 19 heavy (non-hydrogen) atoms. The van der Waals surface area contributed by atoms with Crippen molar-refractivity contribution in [2.24, 2.45) is 11.7 Å². The van der Waals surface area contributed by atoms with Gasteiger partial charge in [-0.25, -0.2) is 4.39 Å². The summed E-state index contributed by atoms with van der Waals surface area (Å²) < 4.78 is 13.6. The Labute approximate surface area is 110 Å². The molecular weight excluding hydrogens is 249 g/mol. The minimum atomic E-state index is -0.652. The van der Waals surface area contributed by atoms with Crippen molar-refractivity contribution in [3.05, 3.63) is 29.8 Å². The van der Waals surface area contributed by atoms with Crippen LogP contribution in [-0.2, 0) is 4.79 Å². The smallest absolute Gasteiger partial charge is 0.257 e. The van der Waals surface area contributed by atoms with E-state index < -0.39 is 17.6 Å². The number of likely N-dealkylation sites (tertiary alicyclic amines) is 1. The first-order chi connectivity index (χ1) is 9.00. The monoisotopic (exact) mass is 265 g/mol. The van der Waals surface area contributed by atoms with Crippen molar-refractivity contribution in [2.75, 3.05) is 6.54 Å². The van der Waals surface area contributed by atoms with Crippen LogP contribution in [0.3, 0.4) is 0 Å². The summed E-state index contributed by atoms with van der Waals surface area (Å²) in [5.41, 5.74) is 5.26. The predicted molar refractivity (Wildman–Crippen MR) is 66.6 cm³/mol. The molecule has 1 aliphatic rings. The first kappa shape index (κ1) is 13.5. The lowest BCUT2D eigenvalue weighted by atomic mass is 9.92. The maximum Gasteiger partial charge on any atom is 0.257 e. The molecule has 102 valence electrons. The lowest BCUT2D eigenvalue weighted by molar-refractivity contribution is -0.123. The van der Waals surface area contributed by atoms with E-state index >= 15 is 0 Å². The average Bonchev–Trinajstić information content (AvgIpc) is 2.38. The maximum absolute atomic E-state index is 13.6. The topological polar surface area (TPSA) is 76.3 Å². The quantitative estimate of drug-likeness (QED) is 0.864. The molecule has 2 rings (SSSR count). The molecule has 0 aliphatic carbocycles. The molecule has 5 nitrogen and oxygen atoms in total. The number of piperidine rings is 1. The van der Waals surface area contributed by atoms with Crippen molar-refractivity contribution in [3.63, 3.8) is 0 Å². The highest BCUT2D eigenvalue weighted by Crippen LogP contribution is 2.24. The van der Waals surface area contributed by atoms with Crippen LogP contribution in [0.4, 0.5) is 4.39 Å². The first-order valence-corrected chi connectivity index (χ1v) is 6.20. The highest BCUT2D eigenvalue weighted by Gasteiger charge is 2.32. The summed E-state index contributed by atoms with van der Waals surface area (Å²) >= 11 is 0. The van der Waals surface area contributed by atoms with Crippen LogP contribution in [0.2, 0.25) is 0 Å². The molecular formula is C13H16FN3O2. The highest BCUT2D eigenvalue weighted by atomic mass is 19.1. The van der Waals surface area contributed by atoms with E-state index in [2.05, 4.69) is 4.98 Å². The van der Waals surface area contributed by atoms with Crippen molar-refractivity contribution in [1.29, 1.82) is 0 Å². The van der Waals surface area contributed by atoms with E-state index in [-0.39, 0.29) is 24.1 Å². The van der Waals surface area contributed by atoms with Gasteiger partial charge in [-0.3, -0.25) is 14.6 Å². The molecule has 1 saturated heterocycles. The van der Waals surface area contributed by atoms with Crippen LogP contribution in [0.15, 0.2) is 18.5 Å². The number of amides is 2. The summed E-state index contributed by atoms with van der Waals surface area (Å²) in [6.07, 6.45) is 3.73. The molecule has 0 bridgehead atoms. The molecule has 2 unspecified atom stereocenters. The molecule has 6 heteroatoms.